The summed E-state index contributed by atoms with van der Waals surface area (Å²) in [5.41, 5.74) is 5.22. The van der Waals surface area contributed by atoms with Crippen LogP contribution in [0.5, 0.6) is 11.8 Å². The second-order valence-electron chi connectivity index (χ2n) is 5.82. The van der Waals surface area contributed by atoms with E-state index in [4.69, 9.17) is 9.47 Å². The lowest BCUT2D eigenvalue weighted by molar-refractivity contribution is 0.364. The van der Waals surface area contributed by atoms with Crippen LogP contribution in [0.1, 0.15) is 19.4 Å². The molecule has 1 atom stereocenters. The first-order valence-electron chi connectivity index (χ1n) is 8.01. The van der Waals surface area contributed by atoms with Crippen molar-refractivity contribution < 1.29 is 9.47 Å². The summed E-state index contributed by atoms with van der Waals surface area (Å²) < 4.78 is 10.4. The summed E-state index contributed by atoms with van der Waals surface area (Å²) in [6.07, 6.45) is 1.88. The standard InChI is InChI=1S/C18H24N4O2S/c1-12(2)15(11-19-22-14-8-6-13(3)7-9-14)25-18-20-16(23-4)10-17(21-18)24-5/h6-12,15,22H,1-5H3. The number of hydrazone groups is 1. The third-order valence-electron chi connectivity index (χ3n) is 3.44. The Morgan fingerprint density at radius 1 is 1.08 bits per heavy atom. The van der Waals surface area contributed by atoms with Gasteiger partial charge in [-0.25, -0.2) is 0 Å². The number of aromatic nitrogens is 2. The molecule has 0 amide bonds. The van der Waals surface area contributed by atoms with E-state index in [1.165, 1.54) is 17.3 Å². The molecule has 1 unspecified atom stereocenters. The minimum atomic E-state index is 0.106. The number of ether oxygens (including phenoxy) is 2. The molecule has 0 aliphatic rings. The van der Waals surface area contributed by atoms with Crippen LogP contribution >= 0.6 is 11.8 Å². The Balaban J connectivity index is 2.07. The first-order chi connectivity index (χ1) is 12.0. The molecule has 6 nitrogen and oxygen atoms in total. The zero-order chi connectivity index (χ0) is 18.2. The molecule has 0 fully saturated rings. The largest absolute Gasteiger partial charge is 0.481 e. The van der Waals surface area contributed by atoms with Crippen molar-refractivity contribution in [2.45, 2.75) is 31.2 Å². The monoisotopic (exact) mass is 360 g/mol. The Kier molecular flexibility index (Phi) is 7.06. The Hall–Kier alpha value is -2.28. The van der Waals surface area contributed by atoms with Crippen LogP contribution < -0.4 is 14.9 Å². The summed E-state index contributed by atoms with van der Waals surface area (Å²) in [4.78, 5) is 8.73. The fourth-order valence-electron chi connectivity index (χ4n) is 1.92. The molecule has 1 N–H and O–H groups in total. The number of aryl methyl sites for hydroxylation is 1. The second kappa shape index (κ2) is 9.27. The third-order valence-corrected chi connectivity index (χ3v) is 4.77. The zero-order valence-electron chi connectivity index (χ0n) is 15.2. The molecule has 2 aromatic rings. The molecule has 134 valence electrons. The van der Waals surface area contributed by atoms with Gasteiger partial charge in [-0.1, -0.05) is 43.3 Å². The van der Waals surface area contributed by atoms with Crippen LogP contribution in [0.15, 0.2) is 40.6 Å². The first kappa shape index (κ1) is 19.1. The van der Waals surface area contributed by atoms with E-state index in [1.807, 2.05) is 30.5 Å². The summed E-state index contributed by atoms with van der Waals surface area (Å²) >= 11 is 1.52. The van der Waals surface area contributed by atoms with E-state index in [0.717, 1.165) is 5.69 Å². The van der Waals surface area contributed by atoms with Gasteiger partial charge in [-0.05, 0) is 25.0 Å². The maximum absolute atomic E-state index is 5.20. The van der Waals surface area contributed by atoms with E-state index >= 15 is 0 Å². The molecule has 0 aliphatic heterocycles. The summed E-state index contributed by atoms with van der Waals surface area (Å²) in [6.45, 7) is 6.32. The lowest BCUT2D eigenvalue weighted by Crippen LogP contribution is -2.14. The maximum Gasteiger partial charge on any atom is 0.220 e. The van der Waals surface area contributed by atoms with Gasteiger partial charge in [0.15, 0.2) is 5.16 Å². The number of anilines is 1. The van der Waals surface area contributed by atoms with Crippen LogP contribution in [-0.4, -0.2) is 35.7 Å². The number of benzene rings is 1. The molecular weight excluding hydrogens is 336 g/mol. The van der Waals surface area contributed by atoms with Crippen molar-refractivity contribution in [3.63, 3.8) is 0 Å². The van der Waals surface area contributed by atoms with Crippen LogP contribution in [-0.2, 0) is 0 Å². The van der Waals surface area contributed by atoms with E-state index in [9.17, 15) is 0 Å². The molecule has 0 radical (unpaired) electrons. The Morgan fingerprint density at radius 3 is 2.20 bits per heavy atom. The van der Waals surface area contributed by atoms with Crippen LogP contribution in [0.4, 0.5) is 5.69 Å². The lowest BCUT2D eigenvalue weighted by atomic mass is 10.1. The molecule has 0 aliphatic carbocycles. The molecule has 0 saturated heterocycles. The van der Waals surface area contributed by atoms with Gasteiger partial charge in [-0.3, -0.25) is 5.43 Å². The van der Waals surface area contributed by atoms with E-state index in [2.05, 4.69) is 41.3 Å². The second-order valence-corrected chi connectivity index (χ2v) is 6.96. The van der Waals surface area contributed by atoms with Crippen LogP contribution in [0.25, 0.3) is 0 Å². The number of nitrogens with zero attached hydrogens (tertiary/aromatic N) is 3. The van der Waals surface area contributed by atoms with Gasteiger partial charge in [-0.2, -0.15) is 15.1 Å². The molecule has 1 heterocycles. The van der Waals surface area contributed by atoms with E-state index in [-0.39, 0.29) is 5.25 Å². The smallest absolute Gasteiger partial charge is 0.220 e. The predicted octanol–water partition coefficient (Wildman–Crippen LogP) is 4.02. The molecule has 1 aromatic carbocycles. The van der Waals surface area contributed by atoms with Crippen molar-refractivity contribution in [2.75, 3.05) is 19.6 Å². The topological polar surface area (TPSA) is 68.6 Å². The average molecular weight is 360 g/mol. The summed E-state index contributed by atoms with van der Waals surface area (Å²) in [7, 11) is 3.15. The predicted molar refractivity (Wildman–Crippen MR) is 103 cm³/mol. The molecule has 0 saturated carbocycles. The number of hydrogen-bond acceptors (Lipinski definition) is 7. The van der Waals surface area contributed by atoms with Gasteiger partial charge >= 0.3 is 0 Å². The third kappa shape index (κ3) is 5.94. The van der Waals surface area contributed by atoms with Gasteiger partial charge in [0, 0.05) is 6.21 Å². The highest BCUT2D eigenvalue weighted by Crippen LogP contribution is 2.27. The quantitative estimate of drug-likeness (QED) is 0.332. The summed E-state index contributed by atoms with van der Waals surface area (Å²) in [5, 5.41) is 5.06. The fourth-order valence-corrected chi connectivity index (χ4v) is 2.84. The number of rotatable bonds is 8. The zero-order valence-corrected chi connectivity index (χ0v) is 16.0. The average Bonchev–Trinajstić information content (AvgIpc) is 2.62. The molecular formula is C18H24N4O2S. The van der Waals surface area contributed by atoms with Crippen LogP contribution in [0, 0.1) is 12.8 Å². The SMILES string of the molecule is COc1cc(OC)nc(SC(C=NNc2ccc(C)cc2)C(C)C)n1. The summed E-state index contributed by atoms with van der Waals surface area (Å²) in [5.74, 6) is 1.31. The van der Waals surface area contributed by atoms with Crippen molar-refractivity contribution in [3.05, 3.63) is 35.9 Å². The molecule has 2 rings (SSSR count). The number of nitrogens with one attached hydrogen (secondary N) is 1. The normalized spacial score (nSPS) is 12.4. The first-order valence-corrected chi connectivity index (χ1v) is 8.89. The van der Waals surface area contributed by atoms with Gasteiger partial charge in [0.2, 0.25) is 11.8 Å². The van der Waals surface area contributed by atoms with Crippen molar-refractivity contribution in [1.82, 2.24) is 9.97 Å². The van der Waals surface area contributed by atoms with Crippen LogP contribution in [0.3, 0.4) is 0 Å². The molecule has 7 heteroatoms. The van der Waals surface area contributed by atoms with Gasteiger partial charge < -0.3 is 9.47 Å². The van der Waals surface area contributed by atoms with E-state index < -0.39 is 0 Å². The fraction of sp³-hybridized carbons (Fsp3) is 0.389. The van der Waals surface area contributed by atoms with Gasteiger partial charge in [0.25, 0.3) is 0 Å². The van der Waals surface area contributed by atoms with Crippen molar-refractivity contribution >= 4 is 23.7 Å². The van der Waals surface area contributed by atoms with Crippen molar-refractivity contribution in [1.29, 1.82) is 0 Å². The van der Waals surface area contributed by atoms with Crippen LogP contribution in [0.2, 0.25) is 0 Å². The van der Waals surface area contributed by atoms with Gasteiger partial charge in [0.05, 0.1) is 31.2 Å². The summed E-state index contributed by atoms with van der Waals surface area (Å²) in [6, 6.07) is 9.74. The lowest BCUT2D eigenvalue weighted by Gasteiger charge is -2.15. The van der Waals surface area contributed by atoms with Gasteiger partial charge in [-0.15, -0.1) is 0 Å². The van der Waals surface area contributed by atoms with Crippen molar-refractivity contribution in [3.8, 4) is 11.8 Å². The molecule has 25 heavy (non-hydrogen) atoms. The highest BCUT2D eigenvalue weighted by molar-refractivity contribution is 8.00. The minimum Gasteiger partial charge on any atom is -0.481 e. The van der Waals surface area contributed by atoms with Gasteiger partial charge in [0.1, 0.15) is 0 Å². The molecule has 0 spiro atoms. The Morgan fingerprint density at radius 2 is 1.68 bits per heavy atom. The number of thioether (sulfide) groups is 1. The highest BCUT2D eigenvalue weighted by Gasteiger charge is 2.16. The minimum absolute atomic E-state index is 0.106. The van der Waals surface area contributed by atoms with E-state index in [0.29, 0.717) is 22.8 Å². The number of methoxy groups -OCH3 is 2. The Bertz CT molecular complexity index is 682. The maximum atomic E-state index is 5.20. The van der Waals surface area contributed by atoms with Crippen molar-refractivity contribution in [2.24, 2.45) is 11.0 Å². The highest BCUT2D eigenvalue weighted by atomic mass is 32.2. The Labute approximate surface area is 153 Å². The molecule has 1 aromatic heterocycles. The van der Waals surface area contributed by atoms with E-state index in [1.54, 1.807) is 20.3 Å². The number of hydrogen-bond donors (Lipinski definition) is 1. The molecule has 0 bridgehead atoms.